The second-order valence-corrected chi connectivity index (χ2v) is 4.32. The van der Waals surface area contributed by atoms with Crippen LogP contribution in [0.4, 0.5) is 0 Å². The minimum atomic E-state index is 0.241. The molecule has 0 saturated carbocycles. The van der Waals surface area contributed by atoms with Crippen molar-refractivity contribution in [1.82, 2.24) is 9.97 Å². The summed E-state index contributed by atoms with van der Waals surface area (Å²) in [7, 11) is 0. The predicted molar refractivity (Wildman–Crippen MR) is 78.3 cm³/mol. The molecule has 2 heterocycles. The summed E-state index contributed by atoms with van der Waals surface area (Å²) < 4.78 is 16.3. The lowest BCUT2D eigenvalue weighted by atomic mass is 10.3. The molecule has 0 aliphatic carbocycles. The first-order chi connectivity index (χ1) is 10.3. The Bertz CT molecular complexity index is 702. The molecule has 0 bridgehead atoms. The molecule has 3 aromatic rings. The zero-order valence-corrected chi connectivity index (χ0v) is 11.4. The minimum absolute atomic E-state index is 0.241. The number of pyridine rings is 1. The van der Waals surface area contributed by atoms with Gasteiger partial charge >= 0.3 is 6.08 Å². The molecule has 0 aliphatic rings. The molecule has 1 aromatic carbocycles. The summed E-state index contributed by atoms with van der Waals surface area (Å²) in [4.78, 5) is 8.48. The van der Waals surface area contributed by atoms with E-state index in [9.17, 15) is 0 Å². The van der Waals surface area contributed by atoms with Crippen LogP contribution in [-0.2, 0) is 6.61 Å². The molecule has 5 heteroatoms. The number of nitrogens with zero attached hydrogens (tertiary/aromatic N) is 2. The van der Waals surface area contributed by atoms with Gasteiger partial charge in [-0.25, -0.2) is 0 Å². The third-order valence-corrected chi connectivity index (χ3v) is 2.78. The van der Waals surface area contributed by atoms with E-state index in [1.807, 2.05) is 36.4 Å². The lowest BCUT2D eigenvalue weighted by Crippen LogP contribution is -1.99. The first kappa shape index (κ1) is 13.2. The SMILES string of the molecule is C=CCOc1ccc(COc2nc3ccccc3o2)nc1. The number of ether oxygens (including phenoxy) is 2. The van der Waals surface area contributed by atoms with E-state index in [0.717, 1.165) is 11.2 Å². The third-order valence-electron chi connectivity index (χ3n) is 2.78. The van der Waals surface area contributed by atoms with Gasteiger partial charge in [0.15, 0.2) is 5.58 Å². The average molecular weight is 282 g/mol. The van der Waals surface area contributed by atoms with E-state index in [-0.39, 0.29) is 12.7 Å². The van der Waals surface area contributed by atoms with Gasteiger partial charge in [0, 0.05) is 0 Å². The third kappa shape index (κ3) is 3.20. The van der Waals surface area contributed by atoms with Crippen LogP contribution in [0.2, 0.25) is 0 Å². The van der Waals surface area contributed by atoms with E-state index < -0.39 is 0 Å². The van der Waals surface area contributed by atoms with Crippen LogP contribution in [0.3, 0.4) is 0 Å². The van der Waals surface area contributed by atoms with E-state index in [2.05, 4.69) is 16.5 Å². The van der Waals surface area contributed by atoms with Gasteiger partial charge in [-0.05, 0) is 24.3 Å². The summed E-state index contributed by atoms with van der Waals surface area (Å²) in [6.45, 7) is 4.34. The molecule has 106 valence electrons. The van der Waals surface area contributed by atoms with E-state index in [4.69, 9.17) is 13.9 Å². The van der Waals surface area contributed by atoms with Crippen molar-refractivity contribution in [2.75, 3.05) is 6.61 Å². The maximum absolute atomic E-state index is 5.50. The zero-order chi connectivity index (χ0) is 14.5. The lowest BCUT2D eigenvalue weighted by Gasteiger charge is -2.04. The lowest BCUT2D eigenvalue weighted by molar-refractivity contribution is 0.223. The van der Waals surface area contributed by atoms with Gasteiger partial charge in [-0.3, -0.25) is 4.98 Å². The highest BCUT2D eigenvalue weighted by atomic mass is 16.6. The number of oxazole rings is 1. The summed E-state index contributed by atoms with van der Waals surface area (Å²) in [6, 6.07) is 11.2. The molecule has 0 aliphatic heterocycles. The molecule has 0 fully saturated rings. The Hall–Kier alpha value is -2.82. The second-order valence-electron chi connectivity index (χ2n) is 4.32. The predicted octanol–water partition coefficient (Wildman–Crippen LogP) is 3.37. The number of benzene rings is 1. The highest BCUT2D eigenvalue weighted by molar-refractivity contribution is 5.72. The van der Waals surface area contributed by atoms with Gasteiger partial charge in [0.1, 0.15) is 24.5 Å². The molecule has 0 amide bonds. The molecular weight excluding hydrogens is 268 g/mol. The van der Waals surface area contributed by atoms with Crippen molar-refractivity contribution in [2.45, 2.75) is 6.61 Å². The number of rotatable bonds is 6. The van der Waals surface area contributed by atoms with Gasteiger partial charge in [-0.1, -0.05) is 24.8 Å². The van der Waals surface area contributed by atoms with E-state index in [1.54, 1.807) is 12.3 Å². The number of aromatic nitrogens is 2. The van der Waals surface area contributed by atoms with Crippen molar-refractivity contribution in [3.05, 3.63) is 60.9 Å². The Morgan fingerprint density at radius 1 is 1.14 bits per heavy atom. The normalized spacial score (nSPS) is 10.5. The van der Waals surface area contributed by atoms with Crippen molar-refractivity contribution in [2.24, 2.45) is 0 Å². The average Bonchev–Trinajstić information content (AvgIpc) is 2.95. The van der Waals surface area contributed by atoms with Crippen LogP contribution in [0.15, 0.2) is 59.7 Å². The highest BCUT2D eigenvalue weighted by Gasteiger charge is 2.06. The molecular formula is C16H14N2O3. The van der Waals surface area contributed by atoms with E-state index in [1.165, 1.54) is 0 Å². The van der Waals surface area contributed by atoms with Gasteiger partial charge in [0.05, 0.1) is 11.9 Å². The summed E-state index contributed by atoms with van der Waals surface area (Å²) in [5.41, 5.74) is 2.24. The topological polar surface area (TPSA) is 57.4 Å². The van der Waals surface area contributed by atoms with Crippen LogP contribution >= 0.6 is 0 Å². The van der Waals surface area contributed by atoms with Crippen LogP contribution in [0.1, 0.15) is 5.69 Å². The quantitative estimate of drug-likeness (QED) is 0.649. The van der Waals surface area contributed by atoms with Crippen molar-refractivity contribution < 1.29 is 13.9 Å². The van der Waals surface area contributed by atoms with Gasteiger partial charge in [-0.2, -0.15) is 4.98 Å². The molecule has 0 atom stereocenters. The van der Waals surface area contributed by atoms with E-state index in [0.29, 0.717) is 17.9 Å². The van der Waals surface area contributed by atoms with Gasteiger partial charge in [0.2, 0.25) is 0 Å². The van der Waals surface area contributed by atoms with E-state index >= 15 is 0 Å². The Balaban J connectivity index is 1.62. The van der Waals surface area contributed by atoms with Crippen LogP contribution in [0, 0.1) is 0 Å². The Labute approximate surface area is 121 Å². The molecule has 5 nitrogen and oxygen atoms in total. The van der Waals surface area contributed by atoms with Crippen molar-refractivity contribution >= 4 is 11.1 Å². The molecule has 0 saturated heterocycles. The Morgan fingerprint density at radius 3 is 2.81 bits per heavy atom. The molecule has 3 rings (SSSR count). The summed E-state index contributed by atoms with van der Waals surface area (Å²) >= 11 is 0. The smallest absolute Gasteiger partial charge is 0.395 e. The standard InChI is InChI=1S/C16H14N2O3/c1-2-9-19-13-8-7-12(17-10-13)11-20-16-18-14-5-3-4-6-15(14)21-16/h2-8,10H,1,9,11H2. The van der Waals surface area contributed by atoms with Gasteiger partial charge in [0.25, 0.3) is 0 Å². The van der Waals surface area contributed by atoms with Crippen LogP contribution in [-0.4, -0.2) is 16.6 Å². The maximum atomic E-state index is 5.50. The monoisotopic (exact) mass is 282 g/mol. The van der Waals surface area contributed by atoms with Crippen molar-refractivity contribution in [1.29, 1.82) is 0 Å². The molecule has 0 unspecified atom stereocenters. The van der Waals surface area contributed by atoms with Crippen LogP contribution in [0.25, 0.3) is 11.1 Å². The number of fused-ring (bicyclic) bond motifs is 1. The van der Waals surface area contributed by atoms with Crippen LogP contribution in [0.5, 0.6) is 11.8 Å². The van der Waals surface area contributed by atoms with Gasteiger partial charge < -0.3 is 13.9 Å². The summed E-state index contributed by atoms with van der Waals surface area (Å²) in [6.07, 6.45) is 3.57. The maximum Gasteiger partial charge on any atom is 0.395 e. The highest BCUT2D eigenvalue weighted by Crippen LogP contribution is 2.20. The van der Waals surface area contributed by atoms with Crippen molar-refractivity contribution in [3.8, 4) is 11.8 Å². The van der Waals surface area contributed by atoms with Gasteiger partial charge in [-0.15, -0.1) is 0 Å². The first-order valence-corrected chi connectivity index (χ1v) is 6.52. The van der Waals surface area contributed by atoms with Crippen molar-refractivity contribution in [3.63, 3.8) is 0 Å². The summed E-state index contributed by atoms with van der Waals surface area (Å²) in [5, 5.41) is 0. The minimum Gasteiger partial charge on any atom is -0.488 e. The first-order valence-electron chi connectivity index (χ1n) is 6.52. The Kier molecular flexibility index (Phi) is 3.82. The molecule has 0 radical (unpaired) electrons. The molecule has 2 aromatic heterocycles. The zero-order valence-electron chi connectivity index (χ0n) is 11.4. The number of para-hydroxylation sites is 2. The van der Waals surface area contributed by atoms with Crippen LogP contribution < -0.4 is 9.47 Å². The number of hydrogen-bond donors (Lipinski definition) is 0. The second kappa shape index (κ2) is 6.09. The fourth-order valence-electron chi connectivity index (χ4n) is 1.79. The molecule has 0 spiro atoms. The fraction of sp³-hybridized carbons (Fsp3) is 0.125. The molecule has 0 N–H and O–H groups in total. The number of hydrogen-bond acceptors (Lipinski definition) is 5. The Morgan fingerprint density at radius 2 is 2.05 bits per heavy atom. The summed E-state index contributed by atoms with van der Waals surface area (Å²) in [5.74, 6) is 0.695. The largest absolute Gasteiger partial charge is 0.488 e. The molecule has 21 heavy (non-hydrogen) atoms. The fourth-order valence-corrected chi connectivity index (χ4v) is 1.79.